The van der Waals surface area contributed by atoms with Crippen molar-refractivity contribution in [2.45, 2.75) is 25.9 Å². The van der Waals surface area contributed by atoms with E-state index in [1.54, 1.807) is 0 Å². The Labute approximate surface area is 142 Å². The molecule has 0 radical (unpaired) electrons. The summed E-state index contributed by atoms with van der Waals surface area (Å²) in [5.41, 5.74) is 3.21. The molecule has 3 heterocycles. The fourth-order valence-electron chi connectivity index (χ4n) is 3.40. The van der Waals surface area contributed by atoms with Crippen molar-refractivity contribution in [2.24, 2.45) is 0 Å². The van der Waals surface area contributed by atoms with E-state index >= 15 is 0 Å². The molecule has 0 N–H and O–H groups in total. The summed E-state index contributed by atoms with van der Waals surface area (Å²) >= 11 is 0. The molecule has 2 aromatic rings. The molecule has 0 atom stereocenters. The number of hydrogen-bond acceptors (Lipinski definition) is 1. The lowest BCUT2D eigenvalue weighted by molar-refractivity contribution is 0.149. The van der Waals surface area contributed by atoms with Crippen LogP contribution in [0.5, 0.6) is 0 Å². The third kappa shape index (κ3) is 3.03. The Hall–Kier alpha value is -2.67. The number of urea groups is 1. The Morgan fingerprint density at radius 1 is 0.875 bits per heavy atom. The largest absolute Gasteiger partial charge is 0.347 e. The van der Waals surface area contributed by atoms with Crippen molar-refractivity contribution < 1.29 is 4.79 Å². The average molecular weight is 319 g/mol. The highest BCUT2D eigenvalue weighted by molar-refractivity contribution is 5.74. The molecule has 2 amide bonds. The maximum atomic E-state index is 12.5. The first kappa shape index (κ1) is 14.9. The highest BCUT2D eigenvalue weighted by atomic mass is 16.2. The SMILES string of the molecule is O=C(N1CCCC1)N1CCn2cc(C#Cc3ccccc3)cc2C1. The van der Waals surface area contributed by atoms with Gasteiger partial charge in [-0.25, -0.2) is 4.79 Å². The molecule has 1 fully saturated rings. The van der Waals surface area contributed by atoms with E-state index in [4.69, 9.17) is 0 Å². The number of hydrogen-bond donors (Lipinski definition) is 0. The number of rotatable bonds is 0. The van der Waals surface area contributed by atoms with Crippen molar-refractivity contribution in [2.75, 3.05) is 19.6 Å². The average Bonchev–Trinajstić information content (AvgIpc) is 3.29. The summed E-state index contributed by atoms with van der Waals surface area (Å²) in [6.07, 6.45) is 4.37. The third-order valence-corrected chi connectivity index (χ3v) is 4.72. The van der Waals surface area contributed by atoms with Crippen molar-refractivity contribution in [3.8, 4) is 11.8 Å². The fourth-order valence-corrected chi connectivity index (χ4v) is 3.40. The Morgan fingerprint density at radius 3 is 2.42 bits per heavy atom. The third-order valence-electron chi connectivity index (χ3n) is 4.72. The molecule has 1 aromatic heterocycles. The molecule has 122 valence electrons. The van der Waals surface area contributed by atoms with Gasteiger partial charge in [0.2, 0.25) is 0 Å². The predicted octanol–water partition coefficient (Wildman–Crippen LogP) is 2.92. The van der Waals surface area contributed by atoms with E-state index in [0.29, 0.717) is 6.54 Å². The van der Waals surface area contributed by atoms with Gasteiger partial charge in [0.25, 0.3) is 0 Å². The van der Waals surface area contributed by atoms with Gasteiger partial charge in [0.1, 0.15) is 0 Å². The van der Waals surface area contributed by atoms with Gasteiger partial charge in [-0.3, -0.25) is 0 Å². The molecule has 2 aliphatic heterocycles. The Balaban J connectivity index is 1.48. The Bertz CT molecular complexity index is 791. The summed E-state index contributed by atoms with van der Waals surface area (Å²) in [7, 11) is 0. The molecular weight excluding hydrogens is 298 g/mol. The number of aromatic nitrogens is 1. The van der Waals surface area contributed by atoms with E-state index < -0.39 is 0 Å². The minimum Gasteiger partial charge on any atom is -0.347 e. The maximum Gasteiger partial charge on any atom is 0.320 e. The van der Waals surface area contributed by atoms with Crippen molar-refractivity contribution in [3.05, 3.63) is 59.4 Å². The summed E-state index contributed by atoms with van der Waals surface area (Å²) in [5, 5.41) is 0. The van der Waals surface area contributed by atoms with Gasteiger partial charge in [0.05, 0.1) is 6.54 Å². The van der Waals surface area contributed by atoms with Crippen LogP contribution in [0, 0.1) is 11.8 Å². The molecular formula is C20H21N3O. The Morgan fingerprint density at radius 2 is 1.62 bits per heavy atom. The molecule has 24 heavy (non-hydrogen) atoms. The minimum atomic E-state index is 0.192. The van der Waals surface area contributed by atoms with E-state index in [2.05, 4.69) is 28.7 Å². The molecule has 4 heteroatoms. The number of fused-ring (bicyclic) bond motifs is 1. The highest BCUT2D eigenvalue weighted by Crippen LogP contribution is 2.19. The van der Waals surface area contributed by atoms with E-state index in [9.17, 15) is 4.79 Å². The van der Waals surface area contributed by atoms with Crippen molar-refractivity contribution >= 4 is 6.03 Å². The number of carbonyl (C=O) groups is 1. The molecule has 0 spiro atoms. The van der Waals surface area contributed by atoms with Crippen LogP contribution in [-0.4, -0.2) is 40.0 Å². The second-order valence-electron chi connectivity index (χ2n) is 6.43. The first-order chi connectivity index (χ1) is 11.8. The molecule has 1 aromatic carbocycles. The van der Waals surface area contributed by atoms with Crippen molar-refractivity contribution in [3.63, 3.8) is 0 Å². The van der Waals surface area contributed by atoms with Crippen molar-refractivity contribution in [1.82, 2.24) is 14.4 Å². The smallest absolute Gasteiger partial charge is 0.320 e. The minimum absolute atomic E-state index is 0.192. The van der Waals surface area contributed by atoms with Gasteiger partial charge in [-0.2, -0.15) is 0 Å². The monoisotopic (exact) mass is 319 g/mol. The predicted molar refractivity (Wildman–Crippen MR) is 93.5 cm³/mol. The summed E-state index contributed by atoms with van der Waals surface area (Å²) in [6, 6.07) is 12.3. The summed E-state index contributed by atoms with van der Waals surface area (Å²) in [6.45, 7) is 4.13. The van der Waals surface area contributed by atoms with Crippen LogP contribution in [0.1, 0.15) is 29.7 Å². The summed E-state index contributed by atoms with van der Waals surface area (Å²) < 4.78 is 2.22. The lowest BCUT2D eigenvalue weighted by Gasteiger charge is -2.32. The molecule has 4 nitrogen and oxygen atoms in total. The van der Waals surface area contributed by atoms with Crippen LogP contribution in [0.2, 0.25) is 0 Å². The van der Waals surface area contributed by atoms with Crippen LogP contribution in [0.15, 0.2) is 42.6 Å². The van der Waals surface area contributed by atoms with Gasteiger partial charge in [-0.05, 0) is 31.0 Å². The quantitative estimate of drug-likeness (QED) is 0.686. The van der Waals surface area contributed by atoms with Gasteiger partial charge in [0, 0.05) is 49.2 Å². The van der Waals surface area contributed by atoms with Crippen LogP contribution < -0.4 is 0 Å². The van der Waals surface area contributed by atoms with Crippen LogP contribution >= 0.6 is 0 Å². The fraction of sp³-hybridized carbons (Fsp3) is 0.350. The lowest BCUT2D eigenvalue weighted by Crippen LogP contribution is -2.45. The number of nitrogens with zero attached hydrogens (tertiary/aromatic N) is 3. The molecule has 0 aliphatic carbocycles. The van der Waals surface area contributed by atoms with Gasteiger partial charge in [0.15, 0.2) is 0 Å². The van der Waals surface area contributed by atoms with E-state index in [0.717, 1.165) is 50.1 Å². The molecule has 4 rings (SSSR count). The molecule has 1 saturated heterocycles. The molecule has 0 unspecified atom stereocenters. The van der Waals surface area contributed by atoms with Crippen LogP contribution in [0.25, 0.3) is 0 Å². The molecule has 0 bridgehead atoms. The first-order valence-corrected chi connectivity index (χ1v) is 8.59. The molecule has 0 saturated carbocycles. The highest BCUT2D eigenvalue weighted by Gasteiger charge is 2.26. The van der Waals surface area contributed by atoms with E-state index in [1.807, 2.05) is 40.1 Å². The Kier molecular flexibility index (Phi) is 4.00. The number of carbonyl (C=O) groups excluding carboxylic acids is 1. The first-order valence-electron chi connectivity index (χ1n) is 8.59. The zero-order chi connectivity index (χ0) is 16.4. The number of benzene rings is 1. The van der Waals surface area contributed by atoms with E-state index in [1.165, 1.54) is 5.69 Å². The second-order valence-corrected chi connectivity index (χ2v) is 6.43. The van der Waals surface area contributed by atoms with E-state index in [-0.39, 0.29) is 6.03 Å². The van der Waals surface area contributed by atoms with Crippen molar-refractivity contribution in [1.29, 1.82) is 0 Å². The maximum absolute atomic E-state index is 12.5. The second kappa shape index (κ2) is 6.45. The van der Waals surface area contributed by atoms with Gasteiger partial charge in [-0.15, -0.1) is 0 Å². The van der Waals surface area contributed by atoms with Gasteiger partial charge >= 0.3 is 6.03 Å². The number of likely N-dealkylation sites (tertiary alicyclic amines) is 1. The lowest BCUT2D eigenvalue weighted by atomic mass is 10.2. The zero-order valence-corrected chi connectivity index (χ0v) is 13.7. The summed E-state index contributed by atoms with van der Waals surface area (Å²) in [4.78, 5) is 16.5. The summed E-state index contributed by atoms with van der Waals surface area (Å²) in [5.74, 6) is 6.43. The van der Waals surface area contributed by atoms with Crippen LogP contribution in [-0.2, 0) is 13.1 Å². The van der Waals surface area contributed by atoms with Crippen LogP contribution in [0.3, 0.4) is 0 Å². The van der Waals surface area contributed by atoms with Gasteiger partial charge in [-0.1, -0.05) is 30.0 Å². The normalized spacial score (nSPS) is 16.5. The number of amides is 2. The standard InChI is InChI=1S/C20H21N3O/c24-20(21-10-4-5-11-21)23-13-12-22-15-18(14-19(22)16-23)9-8-17-6-2-1-3-7-17/h1-3,6-7,14-15H,4-5,10-13,16H2. The van der Waals surface area contributed by atoms with Gasteiger partial charge < -0.3 is 14.4 Å². The van der Waals surface area contributed by atoms with Crippen LogP contribution in [0.4, 0.5) is 4.79 Å². The topological polar surface area (TPSA) is 28.5 Å². The molecule has 2 aliphatic rings. The zero-order valence-electron chi connectivity index (χ0n) is 13.7.